The van der Waals surface area contributed by atoms with Crippen molar-refractivity contribution in [1.29, 1.82) is 0 Å². The summed E-state index contributed by atoms with van der Waals surface area (Å²) in [5, 5.41) is 4.22. The Hall–Kier alpha value is -2.88. The number of hydrogen-bond donors (Lipinski definition) is 2. The molecule has 4 nitrogen and oxygen atoms in total. The van der Waals surface area contributed by atoms with Gasteiger partial charge in [0.15, 0.2) is 0 Å². The second kappa shape index (κ2) is 7.08. The Kier molecular flexibility index (Phi) is 4.31. The molecule has 158 valence electrons. The van der Waals surface area contributed by atoms with Crippen molar-refractivity contribution >= 4 is 28.2 Å². The van der Waals surface area contributed by atoms with E-state index in [1.807, 2.05) is 48.5 Å². The minimum absolute atomic E-state index is 0.164. The van der Waals surface area contributed by atoms with Gasteiger partial charge in [0.1, 0.15) is 0 Å². The van der Waals surface area contributed by atoms with Crippen molar-refractivity contribution in [1.82, 2.24) is 4.98 Å². The molecule has 4 fully saturated rings. The van der Waals surface area contributed by atoms with E-state index < -0.39 is 0 Å². The zero-order chi connectivity index (χ0) is 21.0. The number of nitrogens with zero attached hydrogens (tertiary/aromatic N) is 1. The molecule has 2 aromatic carbocycles. The van der Waals surface area contributed by atoms with Crippen LogP contribution in [0.15, 0.2) is 54.6 Å². The summed E-state index contributed by atoms with van der Waals surface area (Å²) in [5.41, 5.74) is 10.5. The Morgan fingerprint density at radius 3 is 2.29 bits per heavy atom. The lowest BCUT2D eigenvalue weighted by molar-refractivity contribution is -0.124. The number of fused-ring (bicyclic) bond motifs is 1. The molecule has 3 aromatic rings. The number of carbonyl (C=O) groups is 1. The van der Waals surface area contributed by atoms with Gasteiger partial charge in [0.25, 0.3) is 0 Å². The highest BCUT2D eigenvalue weighted by Crippen LogP contribution is 2.61. The number of anilines is 2. The number of nitrogen functional groups attached to an aromatic ring is 1. The highest BCUT2D eigenvalue weighted by molar-refractivity contribution is 6.01. The maximum absolute atomic E-state index is 13.1. The van der Waals surface area contributed by atoms with E-state index >= 15 is 0 Å². The van der Waals surface area contributed by atoms with E-state index in [0.717, 1.165) is 51.3 Å². The fraction of sp³-hybridized carbons (Fsp3) is 0.407. The predicted molar refractivity (Wildman–Crippen MR) is 125 cm³/mol. The summed E-state index contributed by atoms with van der Waals surface area (Å²) in [7, 11) is 0. The lowest BCUT2D eigenvalue weighted by atomic mass is 9.49. The second-order valence-electron chi connectivity index (χ2n) is 10.3. The fourth-order valence-electron chi connectivity index (χ4n) is 7.12. The van der Waals surface area contributed by atoms with Crippen LogP contribution in [0.2, 0.25) is 0 Å². The summed E-state index contributed by atoms with van der Waals surface area (Å²) < 4.78 is 0. The Balaban J connectivity index is 1.23. The Morgan fingerprint density at radius 2 is 1.61 bits per heavy atom. The molecule has 7 rings (SSSR count). The van der Waals surface area contributed by atoms with Crippen molar-refractivity contribution < 1.29 is 4.79 Å². The third kappa shape index (κ3) is 3.48. The van der Waals surface area contributed by atoms with Crippen molar-refractivity contribution in [3.8, 4) is 11.3 Å². The van der Waals surface area contributed by atoms with E-state index in [4.69, 9.17) is 10.7 Å². The molecule has 0 unspecified atom stereocenters. The Bertz CT molecular complexity index is 1120. The van der Waals surface area contributed by atoms with Gasteiger partial charge in [-0.3, -0.25) is 4.79 Å². The van der Waals surface area contributed by atoms with Gasteiger partial charge in [-0.1, -0.05) is 18.2 Å². The molecule has 4 saturated carbocycles. The van der Waals surface area contributed by atoms with Crippen LogP contribution in [0.4, 0.5) is 11.4 Å². The number of benzene rings is 2. The predicted octanol–water partition coefficient (Wildman–Crippen LogP) is 6.03. The van der Waals surface area contributed by atoms with E-state index in [2.05, 4.69) is 11.4 Å². The van der Waals surface area contributed by atoms with Crippen molar-refractivity contribution in [3.05, 3.63) is 54.6 Å². The minimum Gasteiger partial charge on any atom is -0.399 e. The van der Waals surface area contributed by atoms with E-state index in [0.29, 0.717) is 6.42 Å². The van der Waals surface area contributed by atoms with E-state index in [1.165, 1.54) is 38.5 Å². The molecule has 0 saturated heterocycles. The number of aromatic nitrogens is 1. The zero-order valence-corrected chi connectivity index (χ0v) is 17.8. The van der Waals surface area contributed by atoms with Crippen LogP contribution >= 0.6 is 0 Å². The van der Waals surface area contributed by atoms with Crippen LogP contribution in [0, 0.1) is 23.2 Å². The number of nitrogens with two attached hydrogens (primary N) is 1. The van der Waals surface area contributed by atoms with Gasteiger partial charge in [0, 0.05) is 23.1 Å². The topological polar surface area (TPSA) is 68.0 Å². The van der Waals surface area contributed by atoms with Crippen LogP contribution in [-0.2, 0) is 4.79 Å². The number of pyridine rings is 1. The van der Waals surface area contributed by atoms with Crippen LogP contribution in [0.1, 0.15) is 44.9 Å². The largest absolute Gasteiger partial charge is 0.399 e. The zero-order valence-electron chi connectivity index (χ0n) is 17.8. The van der Waals surface area contributed by atoms with Crippen molar-refractivity contribution in [2.45, 2.75) is 44.9 Å². The SMILES string of the molecule is Nc1ccc(-c2ccc3c(NC(=O)CC45CC6CC(CC(C6)C4)C5)cccc3n2)cc1. The molecular weight excluding hydrogens is 382 g/mol. The van der Waals surface area contributed by atoms with Gasteiger partial charge in [0.05, 0.1) is 16.9 Å². The second-order valence-corrected chi connectivity index (χ2v) is 10.3. The molecule has 0 spiro atoms. The molecule has 0 aliphatic heterocycles. The standard InChI is InChI=1S/C27H29N3O/c28-21-6-4-20(5-7-21)23-9-8-22-24(29-23)2-1-3-25(22)30-26(31)16-27-13-17-10-18(14-27)12-19(11-17)15-27/h1-9,17-19H,10-16,28H2,(H,30,31). The first kappa shape index (κ1) is 18.9. The maximum Gasteiger partial charge on any atom is 0.224 e. The van der Waals surface area contributed by atoms with E-state index in [9.17, 15) is 4.79 Å². The molecule has 4 heteroatoms. The van der Waals surface area contributed by atoms with Crippen molar-refractivity contribution in [2.75, 3.05) is 11.1 Å². The smallest absolute Gasteiger partial charge is 0.224 e. The van der Waals surface area contributed by atoms with Crippen molar-refractivity contribution in [2.24, 2.45) is 23.2 Å². The molecule has 3 N–H and O–H groups in total. The first-order valence-corrected chi connectivity index (χ1v) is 11.6. The number of amides is 1. The molecule has 4 bridgehead atoms. The molecular formula is C27H29N3O. The molecule has 1 amide bonds. The lowest BCUT2D eigenvalue weighted by Gasteiger charge is -2.56. The summed E-state index contributed by atoms with van der Waals surface area (Å²) in [6.07, 6.45) is 8.67. The maximum atomic E-state index is 13.1. The van der Waals surface area contributed by atoms with Gasteiger partial charge in [-0.05, 0) is 98.1 Å². The Morgan fingerprint density at radius 1 is 0.935 bits per heavy atom. The van der Waals surface area contributed by atoms with Gasteiger partial charge in [-0.2, -0.15) is 0 Å². The molecule has 1 aromatic heterocycles. The van der Waals surface area contributed by atoms with Crippen molar-refractivity contribution in [3.63, 3.8) is 0 Å². The highest BCUT2D eigenvalue weighted by atomic mass is 16.1. The van der Waals surface area contributed by atoms with Crippen LogP contribution in [0.5, 0.6) is 0 Å². The number of hydrogen-bond acceptors (Lipinski definition) is 3. The van der Waals surface area contributed by atoms with E-state index in [-0.39, 0.29) is 11.3 Å². The number of rotatable bonds is 4. The van der Waals surface area contributed by atoms with Crippen LogP contribution in [0.3, 0.4) is 0 Å². The number of carbonyl (C=O) groups excluding carboxylic acids is 1. The van der Waals surface area contributed by atoms with Gasteiger partial charge in [-0.25, -0.2) is 4.98 Å². The Labute approximate surface area is 183 Å². The van der Waals surface area contributed by atoms with Crippen LogP contribution in [0.25, 0.3) is 22.2 Å². The first-order valence-electron chi connectivity index (χ1n) is 11.6. The molecule has 1 heterocycles. The summed E-state index contributed by atoms with van der Waals surface area (Å²) in [4.78, 5) is 17.9. The summed E-state index contributed by atoms with van der Waals surface area (Å²) in [6.45, 7) is 0. The van der Waals surface area contributed by atoms with Crippen LogP contribution in [-0.4, -0.2) is 10.9 Å². The van der Waals surface area contributed by atoms with Crippen LogP contribution < -0.4 is 11.1 Å². The third-order valence-electron chi connectivity index (χ3n) is 7.91. The normalized spacial score (nSPS) is 28.7. The van der Waals surface area contributed by atoms with Gasteiger partial charge in [-0.15, -0.1) is 0 Å². The summed E-state index contributed by atoms with van der Waals surface area (Å²) >= 11 is 0. The average Bonchev–Trinajstić information content (AvgIpc) is 2.72. The average molecular weight is 412 g/mol. The minimum atomic E-state index is 0.164. The van der Waals surface area contributed by atoms with Gasteiger partial charge < -0.3 is 11.1 Å². The lowest BCUT2D eigenvalue weighted by Crippen LogP contribution is -2.47. The third-order valence-corrected chi connectivity index (χ3v) is 7.91. The van der Waals surface area contributed by atoms with Gasteiger partial charge in [0.2, 0.25) is 5.91 Å². The van der Waals surface area contributed by atoms with E-state index in [1.54, 1.807) is 0 Å². The molecule has 4 aliphatic rings. The fourth-order valence-corrected chi connectivity index (χ4v) is 7.12. The monoisotopic (exact) mass is 411 g/mol. The summed E-state index contributed by atoms with van der Waals surface area (Å²) in [6, 6.07) is 17.8. The molecule has 0 atom stereocenters. The highest BCUT2D eigenvalue weighted by Gasteiger charge is 2.51. The van der Waals surface area contributed by atoms with Gasteiger partial charge >= 0.3 is 0 Å². The quantitative estimate of drug-likeness (QED) is 0.515. The molecule has 4 aliphatic carbocycles. The molecule has 31 heavy (non-hydrogen) atoms. The number of nitrogens with one attached hydrogen (secondary N) is 1. The summed E-state index contributed by atoms with van der Waals surface area (Å²) in [5.74, 6) is 2.77. The molecule has 0 radical (unpaired) electrons. The first-order chi connectivity index (χ1) is 15.1.